The van der Waals surface area contributed by atoms with Crippen LogP contribution in [0.3, 0.4) is 0 Å². The van der Waals surface area contributed by atoms with Gasteiger partial charge in [0.1, 0.15) is 11.0 Å². The molecule has 1 aromatic heterocycles. The van der Waals surface area contributed by atoms with E-state index in [1.165, 1.54) is 0 Å². The SMILES string of the molecule is CC1(C)OB(c2c(F)c(F)c(B3OC(C)(C)C(C)(C)O3)c3nsnc23)OC1(C)C. The summed E-state index contributed by atoms with van der Waals surface area (Å²) < 4.78 is 62.9. The van der Waals surface area contributed by atoms with Crippen LogP contribution in [0.4, 0.5) is 8.78 Å². The average Bonchev–Trinajstić information content (AvgIpc) is 3.15. The largest absolute Gasteiger partial charge is 0.500 e. The zero-order valence-corrected chi connectivity index (χ0v) is 18.7. The van der Waals surface area contributed by atoms with E-state index in [1.54, 1.807) is 0 Å². The summed E-state index contributed by atoms with van der Waals surface area (Å²) >= 11 is 0.860. The molecule has 3 heterocycles. The smallest absolute Gasteiger partial charge is 0.399 e. The Kier molecular flexibility index (Phi) is 4.51. The van der Waals surface area contributed by atoms with Gasteiger partial charge in [0.05, 0.1) is 45.1 Å². The molecule has 156 valence electrons. The van der Waals surface area contributed by atoms with E-state index in [4.69, 9.17) is 18.6 Å². The second kappa shape index (κ2) is 6.20. The van der Waals surface area contributed by atoms with Gasteiger partial charge < -0.3 is 18.6 Å². The van der Waals surface area contributed by atoms with Crippen molar-refractivity contribution < 1.29 is 27.4 Å². The lowest BCUT2D eigenvalue weighted by Crippen LogP contribution is -2.44. The third-order valence-corrected chi connectivity index (χ3v) is 7.17. The van der Waals surface area contributed by atoms with Gasteiger partial charge in [0.15, 0.2) is 11.6 Å². The van der Waals surface area contributed by atoms with Crippen molar-refractivity contribution in [3.63, 3.8) is 0 Å². The average molecular weight is 424 g/mol. The summed E-state index contributed by atoms with van der Waals surface area (Å²) in [7, 11) is -2.21. The fraction of sp³-hybridized carbons (Fsp3) is 0.667. The second-order valence-corrected chi connectivity index (χ2v) is 10.1. The summed E-state index contributed by atoms with van der Waals surface area (Å²) in [5.74, 6) is -2.18. The van der Waals surface area contributed by atoms with Gasteiger partial charge >= 0.3 is 14.2 Å². The number of benzene rings is 1. The van der Waals surface area contributed by atoms with E-state index in [0.29, 0.717) is 0 Å². The maximum absolute atomic E-state index is 15.4. The Labute approximate surface area is 173 Å². The molecule has 11 heteroatoms. The first-order valence-corrected chi connectivity index (χ1v) is 10.3. The van der Waals surface area contributed by atoms with Crippen LogP contribution in [0.1, 0.15) is 55.4 Å². The molecule has 0 aliphatic carbocycles. The Morgan fingerprint density at radius 1 is 0.621 bits per heavy atom. The Bertz CT molecular complexity index is 888. The maximum atomic E-state index is 15.4. The molecule has 0 radical (unpaired) electrons. The lowest BCUT2D eigenvalue weighted by Gasteiger charge is -2.32. The van der Waals surface area contributed by atoms with Gasteiger partial charge in [-0.15, -0.1) is 0 Å². The summed E-state index contributed by atoms with van der Waals surface area (Å²) in [4.78, 5) is 0. The van der Waals surface area contributed by atoms with E-state index in [2.05, 4.69) is 8.75 Å². The molecule has 0 bridgehead atoms. The summed E-state index contributed by atoms with van der Waals surface area (Å²) in [6.45, 7) is 14.7. The van der Waals surface area contributed by atoms with Crippen LogP contribution in [0.5, 0.6) is 0 Å². The topological polar surface area (TPSA) is 62.7 Å². The number of fused-ring (bicyclic) bond motifs is 1. The molecule has 2 saturated heterocycles. The molecule has 0 saturated carbocycles. The molecule has 2 aliphatic rings. The number of hydrogen-bond acceptors (Lipinski definition) is 7. The van der Waals surface area contributed by atoms with Crippen molar-refractivity contribution >= 4 is 47.9 Å². The van der Waals surface area contributed by atoms with Crippen molar-refractivity contribution in [2.24, 2.45) is 0 Å². The molecule has 2 fully saturated rings. The molecule has 0 spiro atoms. The molecule has 29 heavy (non-hydrogen) atoms. The zero-order valence-electron chi connectivity index (χ0n) is 17.8. The molecule has 1 aromatic carbocycles. The predicted molar refractivity (Wildman–Crippen MR) is 109 cm³/mol. The Morgan fingerprint density at radius 3 is 1.17 bits per heavy atom. The van der Waals surface area contributed by atoms with E-state index in [1.807, 2.05) is 55.4 Å². The van der Waals surface area contributed by atoms with Crippen molar-refractivity contribution in [3.05, 3.63) is 11.6 Å². The van der Waals surface area contributed by atoms with Gasteiger partial charge in [0, 0.05) is 0 Å². The van der Waals surface area contributed by atoms with E-state index in [9.17, 15) is 0 Å². The molecule has 0 amide bonds. The van der Waals surface area contributed by atoms with Gasteiger partial charge in [-0.05, 0) is 55.4 Å². The highest BCUT2D eigenvalue weighted by atomic mass is 32.1. The monoisotopic (exact) mass is 424 g/mol. The number of rotatable bonds is 2. The summed E-state index contributed by atoms with van der Waals surface area (Å²) in [6.07, 6.45) is 0. The fourth-order valence-electron chi connectivity index (χ4n) is 3.34. The number of hydrogen-bond donors (Lipinski definition) is 0. The second-order valence-electron chi connectivity index (χ2n) is 9.59. The lowest BCUT2D eigenvalue weighted by molar-refractivity contribution is 0.00578. The minimum Gasteiger partial charge on any atom is -0.399 e. The van der Waals surface area contributed by atoms with Gasteiger partial charge in [-0.3, -0.25) is 0 Å². The molecular weight excluding hydrogens is 400 g/mol. The summed E-state index contributed by atoms with van der Waals surface area (Å²) in [6, 6.07) is 0. The van der Waals surface area contributed by atoms with Crippen LogP contribution in [0.2, 0.25) is 0 Å². The Hall–Kier alpha value is -1.13. The van der Waals surface area contributed by atoms with Crippen LogP contribution in [0.15, 0.2) is 0 Å². The molecule has 0 atom stereocenters. The van der Waals surface area contributed by atoms with Crippen LogP contribution < -0.4 is 10.9 Å². The van der Waals surface area contributed by atoms with Crippen LogP contribution in [-0.2, 0) is 18.6 Å². The highest BCUT2D eigenvalue weighted by Gasteiger charge is 2.56. The number of aromatic nitrogens is 2. The highest BCUT2D eigenvalue weighted by Crippen LogP contribution is 2.39. The molecule has 6 nitrogen and oxygen atoms in total. The number of halogens is 2. The number of nitrogens with zero attached hydrogens (tertiary/aromatic N) is 2. The van der Waals surface area contributed by atoms with Crippen LogP contribution in [0, 0.1) is 11.6 Å². The molecule has 2 aliphatic heterocycles. The molecule has 2 aromatic rings. The van der Waals surface area contributed by atoms with E-state index < -0.39 is 48.3 Å². The van der Waals surface area contributed by atoms with Gasteiger partial charge in [0.2, 0.25) is 0 Å². The van der Waals surface area contributed by atoms with E-state index >= 15 is 8.78 Å². The first-order valence-electron chi connectivity index (χ1n) is 9.53. The normalized spacial score (nSPS) is 24.6. The molecule has 0 unspecified atom stereocenters. The van der Waals surface area contributed by atoms with Gasteiger partial charge in [-0.1, -0.05) is 0 Å². The quantitative estimate of drug-likeness (QED) is 0.691. The Morgan fingerprint density at radius 2 is 0.897 bits per heavy atom. The lowest BCUT2D eigenvalue weighted by atomic mass is 9.71. The Balaban J connectivity index is 1.86. The van der Waals surface area contributed by atoms with Crippen molar-refractivity contribution in [2.45, 2.75) is 77.8 Å². The first kappa shape index (κ1) is 21.1. The third-order valence-electron chi connectivity index (χ3n) is 6.64. The first-order chi connectivity index (χ1) is 13.2. The van der Waals surface area contributed by atoms with Crippen molar-refractivity contribution in [2.75, 3.05) is 0 Å². The van der Waals surface area contributed by atoms with Gasteiger partial charge in [-0.25, -0.2) is 8.78 Å². The predicted octanol–water partition coefficient (Wildman–Crippen LogP) is 2.57. The van der Waals surface area contributed by atoms with E-state index in [0.717, 1.165) is 11.7 Å². The highest BCUT2D eigenvalue weighted by molar-refractivity contribution is 7.00. The van der Waals surface area contributed by atoms with Gasteiger partial charge in [-0.2, -0.15) is 8.75 Å². The zero-order chi connectivity index (χ0) is 21.6. The third kappa shape index (κ3) is 2.96. The van der Waals surface area contributed by atoms with Crippen LogP contribution in [0.25, 0.3) is 11.0 Å². The molecular formula is C18H24B2F2N2O4S. The summed E-state index contributed by atoms with van der Waals surface area (Å²) in [5.41, 5.74) is -2.63. The maximum Gasteiger partial charge on any atom is 0.500 e. The molecule has 0 N–H and O–H groups in total. The van der Waals surface area contributed by atoms with Crippen molar-refractivity contribution in [1.29, 1.82) is 0 Å². The van der Waals surface area contributed by atoms with Crippen LogP contribution in [-0.4, -0.2) is 45.4 Å². The van der Waals surface area contributed by atoms with Gasteiger partial charge in [0.25, 0.3) is 0 Å². The van der Waals surface area contributed by atoms with Crippen molar-refractivity contribution in [1.82, 2.24) is 8.75 Å². The fourth-order valence-corrected chi connectivity index (χ4v) is 3.91. The van der Waals surface area contributed by atoms with Crippen molar-refractivity contribution in [3.8, 4) is 0 Å². The minimum absolute atomic E-state index is 0.0924. The summed E-state index contributed by atoms with van der Waals surface area (Å²) in [5, 5.41) is 0. The van der Waals surface area contributed by atoms with E-state index in [-0.39, 0.29) is 22.0 Å². The standard InChI is InChI=1S/C18H24B2F2N2O4S/c1-15(2)16(3,4)26-19(25-15)9-11(21)12(22)10(14-13(9)23-29-24-14)20-27-17(5,6)18(7,8)28-20/h1-8H3. The van der Waals surface area contributed by atoms with Crippen LogP contribution >= 0.6 is 11.7 Å². The minimum atomic E-state index is -1.10. The molecule has 4 rings (SSSR count).